The van der Waals surface area contributed by atoms with E-state index in [0.717, 1.165) is 6.07 Å². The van der Waals surface area contributed by atoms with E-state index in [4.69, 9.17) is 4.74 Å². The van der Waals surface area contributed by atoms with Crippen LogP contribution in [0, 0.1) is 16.0 Å². The molecule has 0 aromatic heterocycles. The highest BCUT2D eigenvalue weighted by Crippen LogP contribution is 2.31. The zero-order valence-electron chi connectivity index (χ0n) is 11.9. The Labute approximate surface area is 127 Å². The Balaban J connectivity index is 2.05. The second-order valence-corrected chi connectivity index (χ2v) is 6.65. The number of rotatable bonds is 6. The smallest absolute Gasteiger partial charge is 0.309 e. The highest BCUT2D eigenvalue weighted by atomic mass is 32.2. The molecule has 0 aliphatic heterocycles. The van der Waals surface area contributed by atoms with Crippen LogP contribution in [0.15, 0.2) is 29.2 Å². The topological polar surface area (TPSA) is 116 Å². The lowest BCUT2D eigenvalue weighted by Crippen LogP contribution is -2.47. The van der Waals surface area contributed by atoms with Crippen LogP contribution in [-0.4, -0.2) is 32.0 Å². The van der Waals surface area contributed by atoms with E-state index in [1.807, 2.05) is 0 Å². The van der Waals surface area contributed by atoms with Crippen molar-refractivity contribution in [2.24, 2.45) is 5.92 Å². The molecule has 0 unspecified atom stereocenters. The van der Waals surface area contributed by atoms with Crippen LogP contribution in [0.25, 0.3) is 0 Å². The molecule has 1 aliphatic carbocycles. The first kappa shape index (κ1) is 16.4. The SMILES string of the molecule is CCOC(=O)C1CC(NS(=O)(=O)c2ccccc2[N+](=O)[O-])C1. The van der Waals surface area contributed by atoms with Gasteiger partial charge in [0.2, 0.25) is 10.0 Å². The van der Waals surface area contributed by atoms with Crippen LogP contribution in [-0.2, 0) is 19.6 Å². The monoisotopic (exact) mass is 328 g/mol. The number of nitrogens with one attached hydrogen (secondary N) is 1. The molecule has 0 atom stereocenters. The summed E-state index contributed by atoms with van der Waals surface area (Å²) >= 11 is 0. The second kappa shape index (κ2) is 6.41. The van der Waals surface area contributed by atoms with Crippen LogP contribution >= 0.6 is 0 Å². The molecule has 1 aromatic carbocycles. The first-order chi connectivity index (χ1) is 10.3. The van der Waals surface area contributed by atoms with Gasteiger partial charge in [0, 0.05) is 12.1 Å². The minimum absolute atomic E-state index is 0.280. The molecule has 2 rings (SSSR count). The fraction of sp³-hybridized carbons (Fsp3) is 0.462. The van der Waals surface area contributed by atoms with Gasteiger partial charge in [-0.05, 0) is 25.8 Å². The molecule has 120 valence electrons. The molecule has 8 nitrogen and oxygen atoms in total. The van der Waals surface area contributed by atoms with E-state index in [-0.39, 0.29) is 23.4 Å². The van der Waals surface area contributed by atoms with Crippen molar-refractivity contribution >= 4 is 21.7 Å². The Hall–Kier alpha value is -2.00. The fourth-order valence-electron chi connectivity index (χ4n) is 2.28. The summed E-state index contributed by atoms with van der Waals surface area (Å²) in [7, 11) is -4.00. The molecule has 1 aromatic rings. The van der Waals surface area contributed by atoms with Crippen molar-refractivity contribution < 1.29 is 22.9 Å². The zero-order chi connectivity index (χ0) is 16.3. The minimum Gasteiger partial charge on any atom is -0.466 e. The third-order valence-corrected chi connectivity index (χ3v) is 5.00. The highest BCUT2D eigenvalue weighted by Gasteiger charge is 2.39. The molecule has 0 spiro atoms. The number of esters is 1. The Bertz CT molecular complexity index is 682. The van der Waals surface area contributed by atoms with Gasteiger partial charge in [-0.25, -0.2) is 13.1 Å². The van der Waals surface area contributed by atoms with Gasteiger partial charge in [0.05, 0.1) is 17.4 Å². The first-order valence-corrected chi connectivity index (χ1v) is 8.26. The normalized spacial score (nSPS) is 21.0. The lowest BCUT2D eigenvalue weighted by atomic mass is 9.81. The molecule has 0 bridgehead atoms. The van der Waals surface area contributed by atoms with Crippen LogP contribution in [0.5, 0.6) is 0 Å². The Morgan fingerprint density at radius 1 is 1.41 bits per heavy atom. The summed E-state index contributed by atoms with van der Waals surface area (Å²) in [6.07, 6.45) is 0.664. The van der Waals surface area contributed by atoms with Gasteiger partial charge in [-0.3, -0.25) is 14.9 Å². The van der Waals surface area contributed by atoms with Gasteiger partial charge in [0.25, 0.3) is 5.69 Å². The summed E-state index contributed by atoms with van der Waals surface area (Å²) in [6.45, 7) is 1.98. The number of carbonyl (C=O) groups excluding carboxylic acids is 1. The van der Waals surface area contributed by atoms with Crippen molar-refractivity contribution in [3.05, 3.63) is 34.4 Å². The highest BCUT2D eigenvalue weighted by molar-refractivity contribution is 7.89. The minimum atomic E-state index is -4.00. The van der Waals surface area contributed by atoms with E-state index < -0.39 is 26.7 Å². The number of hydrogen-bond acceptors (Lipinski definition) is 6. The molecular weight excluding hydrogens is 312 g/mol. The Kier molecular flexibility index (Phi) is 4.77. The van der Waals surface area contributed by atoms with Crippen LogP contribution in [0.2, 0.25) is 0 Å². The number of benzene rings is 1. The van der Waals surface area contributed by atoms with Crippen molar-refractivity contribution in [3.63, 3.8) is 0 Å². The van der Waals surface area contributed by atoms with E-state index in [1.54, 1.807) is 6.92 Å². The zero-order valence-corrected chi connectivity index (χ0v) is 12.7. The van der Waals surface area contributed by atoms with Gasteiger partial charge in [-0.2, -0.15) is 0 Å². The van der Waals surface area contributed by atoms with Crippen molar-refractivity contribution in [1.82, 2.24) is 4.72 Å². The van der Waals surface area contributed by atoms with E-state index >= 15 is 0 Å². The number of carbonyl (C=O) groups is 1. The predicted octanol–water partition coefficient (Wildman–Crippen LogP) is 1.21. The second-order valence-electron chi connectivity index (χ2n) is 4.96. The van der Waals surface area contributed by atoms with Gasteiger partial charge in [-0.1, -0.05) is 12.1 Å². The van der Waals surface area contributed by atoms with Crippen LogP contribution in [0.4, 0.5) is 5.69 Å². The summed E-state index contributed by atoms with van der Waals surface area (Å²) in [5.74, 6) is -0.665. The largest absolute Gasteiger partial charge is 0.466 e. The third-order valence-electron chi connectivity index (χ3n) is 3.43. The van der Waals surface area contributed by atoms with E-state index in [2.05, 4.69) is 4.72 Å². The standard InChI is InChI=1S/C13H16N2O6S/c1-2-21-13(16)9-7-10(8-9)14-22(19,20)12-6-4-3-5-11(12)15(17)18/h3-6,9-10,14H,2,7-8H2,1H3. The lowest BCUT2D eigenvalue weighted by molar-refractivity contribution is -0.387. The number of ether oxygens (including phenoxy) is 1. The van der Waals surface area contributed by atoms with Gasteiger partial charge < -0.3 is 4.74 Å². The van der Waals surface area contributed by atoms with E-state index in [0.29, 0.717) is 12.8 Å². The average Bonchev–Trinajstić information content (AvgIpc) is 2.42. The number of hydrogen-bond donors (Lipinski definition) is 1. The molecule has 1 fully saturated rings. The molecule has 0 saturated heterocycles. The van der Waals surface area contributed by atoms with Crippen molar-refractivity contribution in [2.75, 3.05) is 6.61 Å². The summed E-state index contributed by atoms with van der Waals surface area (Å²) in [4.78, 5) is 21.2. The number of nitro groups is 1. The molecule has 0 heterocycles. The molecular formula is C13H16N2O6S. The first-order valence-electron chi connectivity index (χ1n) is 6.77. The van der Waals surface area contributed by atoms with Crippen molar-refractivity contribution in [3.8, 4) is 0 Å². The summed E-state index contributed by atoms with van der Waals surface area (Å²) in [6, 6.07) is 4.72. The number of nitrogens with zero attached hydrogens (tertiary/aromatic N) is 1. The molecule has 0 amide bonds. The fourth-order valence-corrected chi connectivity index (χ4v) is 3.72. The Morgan fingerprint density at radius 3 is 2.64 bits per heavy atom. The number of sulfonamides is 1. The lowest BCUT2D eigenvalue weighted by Gasteiger charge is -2.33. The maximum absolute atomic E-state index is 12.2. The maximum Gasteiger partial charge on any atom is 0.309 e. The van der Waals surface area contributed by atoms with Crippen LogP contribution < -0.4 is 4.72 Å². The quantitative estimate of drug-likeness (QED) is 0.477. The van der Waals surface area contributed by atoms with Crippen molar-refractivity contribution in [2.45, 2.75) is 30.7 Å². The van der Waals surface area contributed by atoms with Gasteiger partial charge in [0.15, 0.2) is 4.90 Å². The van der Waals surface area contributed by atoms with Gasteiger partial charge in [0.1, 0.15) is 0 Å². The van der Waals surface area contributed by atoms with E-state index in [9.17, 15) is 23.3 Å². The maximum atomic E-state index is 12.2. The van der Waals surface area contributed by atoms with Crippen LogP contribution in [0.3, 0.4) is 0 Å². The summed E-state index contributed by atoms with van der Waals surface area (Å²) < 4.78 is 31.7. The molecule has 9 heteroatoms. The molecule has 1 saturated carbocycles. The number of para-hydroxylation sites is 1. The molecule has 1 N–H and O–H groups in total. The summed E-state index contributed by atoms with van der Waals surface area (Å²) in [5.41, 5.74) is -0.476. The number of nitro benzene ring substituents is 1. The molecule has 1 aliphatic rings. The van der Waals surface area contributed by atoms with Crippen LogP contribution in [0.1, 0.15) is 19.8 Å². The van der Waals surface area contributed by atoms with Gasteiger partial charge >= 0.3 is 5.97 Å². The molecule has 0 radical (unpaired) electrons. The van der Waals surface area contributed by atoms with E-state index in [1.165, 1.54) is 18.2 Å². The predicted molar refractivity (Wildman–Crippen MR) is 76.6 cm³/mol. The van der Waals surface area contributed by atoms with Crippen molar-refractivity contribution in [1.29, 1.82) is 0 Å². The Morgan fingerprint density at radius 2 is 2.05 bits per heavy atom. The van der Waals surface area contributed by atoms with Gasteiger partial charge in [-0.15, -0.1) is 0 Å². The summed E-state index contributed by atoms with van der Waals surface area (Å²) in [5, 5.41) is 10.9. The average molecular weight is 328 g/mol. The molecule has 22 heavy (non-hydrogen) atoms. The third kappa shape index (κ3) is 3.42.